The number of rotatable bonds is 7. The van der Waals surface area contributed by atoms with E-state index in [-0.39, 0.29) is 32.7 Å². The highest BCUT2D eigenvalue weighted by atomic mass is 35.5. The Hall–Kier alpha value is -4.27. The first-order valence-corrected chi connectivity index (χ1v) is 11.7. The molecule has 0 unspecified atom stereocenters. The molecule has 0 aliphatic carbocycles. The molecular formula is C27H20Cl2N4O4. The topological polar surface area (TPSA) is 103 Å². The van der Waals surface area contributed by atoms with Crippen LogP contribution in [-0.2, 0) is 0 Å². The van der Waals surface area contributed by atoms with Crippen LogP contribution in [0.15, 0.2) is 77.9 Å². The average Bonchev–Trinajstić information content (AvgIpc) is 2.85. The average molecular weight is 535 g/mol. The lowest BCUT2D eigenvalue weighted by Gasteiger charge is -2.11. The van der Waals surface area contributed by atoms with E-state index in [1.54, 1.807) is 54.6 Å². The second-order valence-electron chi connectivity index (χ2n) is 7.78. The van der Waals surface area contributed by atoms with Crippen molar-refractivity contribution in [2.45, 2.75) is 13.8 Å². The second kappa shape index (κ2) is 11.6. The van der Waals surface area contributed by atoms with Crippen molar-refractivity contribution in [3.63, 3.8) is 0 Å². The van der Waals surface area contributed by atoms with Gasteiger partial charge in [0.1, 0.15) is 11.5 Å². The summed E-state index contributed by atoms with van der Waals surface area (Å²) in [5.41, 5.74) is 5.10. The van der Waals surface area contributed by atoms with Gasteiger partial charge in [-0.2, -0.15) is 5.10 Å². The number of hydrazone groups is 1. The molecule has 1 heterocycles. The smallest absolute Gasteiger partial charge is 0.345 e. The third-order valence-electron chi connectivity index (χ3n) is 4.94. The zero-order chi connectivity index (χ0) is 26.4. The monoisotopic (exact) mass is 534 g/mol. The van der Waals surface area contributed by atoms with E-state index in [2.05, 4.69) is 20.5 Å². The minimum atomic E-state index is -0.694. The zero-order valence-electron chi connectivity index (χ0n) is 19.7. The van der Waals surface area contributed by atoms with Gasteiger partial charge in [0.15, 0.2) is 0 Å². The van der Waals surface area contributed by atoms with Gasteiger partial charge < -0.3 is 9.47 Å². The predicted molar refractivity (Wildman–Crippen MR) is 142 cm³/mol. The fraction of sp³-hybridized carbons (Fsp3) is 0.0741. The van der Waals surface area contributed by atoms with Gasteiger partial charge in [-0.25, -0.2) is 25.0 Å². The van der Waals surface area contributed by atoms with Gasteiger partial charge in [-0.3, -0.25) is 0 Å². The molecule has 0 amide bonds. The van der Waals surface area contributed by atoms with Gasteiger partial charge in [0, 0.05) is 23.0 Å². The number of nitrogens with one attached hydrogen (secondary N) is 1. The van der Waals surface area contributed by atoms with E-state index < -0.39 is 11.9 Å². The van der Waals surface area contributed by atoms with Crippen LogP contribution < -0.4 is 14.9 Å². The number of benzene rings is 3. The van der Waals surface area contributed by atoms with Crippen LogP contribution in [0.2, 0.25) is 10.0 Å². The second-order valence-corrected chi connectivity index (χ2v) is 8.60. The third-order valence-corrected chi connectivity index (χ3v) is 5.60. The van der Waals surface area contributed by atoms with Crippen LogP contribution in [0.25, 0.3) is 0 Å². The third kappa shape index (κ3) is 6.69. The number of esters is 2. The van der Waals surface area contributed by atoms with Gasteiger partial charge >= 0.3 is 11.9 Å². The maximum atomic E-state index is 12.8. The van der Waals surface area contributed by atoms with Crippen molar-refractivity contribution in [3.05, 3.63) is 111 Å². The molecule has 0 saturated carbocycles. The van der Waals surface area contributed by atoms with Crippen molar-refractivity contribution in [2.75, 3.05) is 5.43 Å². The van der Waals surface area contributed by atoms with Gasteiger partial charge in [-0.15, -0.1) is 0 Å². The van der Waals surface area contributed by atoms with Gasteiger partial charge in [-0.1, -0.05) is 47.5 Å². The fourth-order valence-electron chi connectivity index (χ4n) is 3.28. The van der Waals surface area contributed by atoms with Crippen molar-refractivity contribution in [1.29, 1.82) is 0 Å². The summed E-state index contributed by atoms with van der Waals surface area (Å²) >= 11 is 12.3. The van der Waals surface area contributed by atoms with E-state index in [9.17, 15) is 9.59 Å². The van der Waals surface area contributed by atoms with E-state index in [1.165, 1.54) is 18.3 Å². The number of aromatic nitrogens is 2. The van der Waals surface area contributed by atoms with E-state index >= 15 is 0 Å². The number of carbonyl (C=O) groups is 2. The molecule has 1 N–H and O–H groups in total. The molecule has 0 radical (unpaired) electrons. The molecule has 1 aromatic heterocycles. The Bertz CT molecular complexity index is 1490. The lowest BCUT2D eigenvalue weighted by Crippen LogP contribution is -2.12. The van der Waals surface area contributed by atoms with Gasteiger partial charge in [-0.05, 0) is 56.3 Å². The number of carbonyl (C=O) groups excluding carboxylic acids is 2. The number of hydrogen-bond donors (Lipinski definition) is 1. The summed E-state index contributed by atoms with van der Waals surface area (Å²) in [6, 6.07) is 19.4. The molecule has 0 saturated heterocycles. The van der Waals surface area contributed by atoms with E-state index in [0.29, 0.717) is 11.5 Å². The molecule has 10 heteroatoms. The van der Waals surface area contributed by atoms with E-state index in [4.69, 9.17) is 32.7 Å². The Labute approximate surface area is 222 Å². The molecule has 37 heavy (non-hydrogen) atoms. The summed E-state index contributed by atoms with van der Waals surface area (Å²) in [5, 5.41) is 4.64. The molecule has 0 aliphatic heterocycles. The molecular weight excluding hydrogens is 515 g/mol. The quantitative estimate of drug-likeness (QED) is 0.129. The SMILES string of the molecule is Cc1cc(C)nc(NN=Cc2ccc(OC(=O)c3ccccc3Cl)cc2OC(=O)c2ccccc2Cl)n1. The summed E-state index contributed by atoms with van der Waals surface area (Å²) in [7, 11) is 0. The molecule has 186 valence electrons. The largest absolute Gasteiger partial charge is 0.423 e. The van der Waals surface area contributed by atoms with E-state index in [0.717, 1.165) is 11.4 Å². The predicted octanol–water partition coefficient (Wildman–Crippen LogP) is 6.28. The maximum Gasteiger partial charge on any atom is 0.345 e. The fourth-order valence-corrected chi connectivity index (χ4v) is 3.70. The van der Waals surface area contributed by atoms with Crippen molar-refractivity contribution < 1.29 is 19.1 Å². The van der Waals surface area contributed by atoms with Crippen LogP contribution in [0.5, 0.6) is 11.5 Å². The molecule has 3 aromatic carbocycles. The summed E-state index contributed by atoms with van der Waals surface area (Å²) in [6.45, 7) is 3.69. The zero-order valence-corrected chi connectivity index (χ0v) is 21.2. The van der Waals surface area contributed by atoms with Crippen LogP contribution >= 0.6 is 23.2 Å². The molecule has 0 fully saturated rings. The van der Waals surface area contributed by atoms with Crippen LogP contribution in [0, 0.1) is 13.8 Å². The van der Waals surface area contributed by atoms with Gasteiger partial charge in [0.2, 0.25) is 5.95 Å². The molecule has 0 spiro atoms. The first-order chi connectivity index (χ1) is 17.8. The number of ether oxygens (including phenoxy) is 2. The number of halogens is 2. The molecule has 0 bridgehead atoms. The molecule has 4 rings (SSSR count). The number of anilines is 1. The minimum absolute atomic E-state index is 0.0845. The minimum Gasteiger partial charge on any atom is -0.423 e. The maximum absolute atomic E-state index is 12.8. The van der Waals surface area contributed by atoms with E-state index in [1.807, 2.05) is 19.9 Å². The molecule has 0 atom stereocenters. The number of aryl methyl sites for hydroxylation is 2. The first-order valence-electron chi connectivity index (χ1n) is 11.0. The van der Waals surface area contributed by atoms with Crippen LogP contribution in [-0.4, -0.2) is 28.1 Å². The van der Waals surface area contributed by atoms with Crippen LogP contribution in [0.1, 0.15) is 37.7 Å². The summed E-state index contributed by atoms with van der Waals surface area (Å²) in [5.74, 6) is -0.825. The van der Waals surface area contributed by atoms with Crippen LogP contribution in [0.3, 0.4) is 0 Å². The molecule has 0 aliphatic rings. The lowest BCUT2D eigenvalue weighted by molar-refractivity contribution is 0.0733. The Kier molecular flexibility index (Phi) is 8.12. The van der Waals surface area contributed by atoms with Crippen LogP contribution in [0.4, 0.5) is 5.95 Å². The van der Waals surface area contributed by atoms with Crippen molar-refractivity contribution >= 4 is 47.3 Å². The van der Waals surface area contributed by atoms with Gasteiger partial charge in [0.25, 0.3) is 0 Å². The Morgan fingerprint density at radius 1 is 0.811 bits per heavy atom. The highest BCUT2D eigenvalue weighted by molar-refractivity contribution is 6.34. The first kappa shape index (κ1) is 25.8. The highest BCUT2D eigenvalue weighted by Crippen LogP contribution is 2.27. The van der Waals surface area contributed by atoms with Gasteiger partial charge in [0.05, 0.1) is 27.4 Å². The summed E-state index contributed by atoms with van der Waals surface area (Å²) < 4.78 is 11.1. The number of nitrogens with zero attached hydrogens (tertiary/aromatic N) is 3. The summed E-state index contributed by atoms with van der Waals surface area (Å²) in [6.07, 6.45) is 1.43. The lowest BCUT2D eigenvalue weighted by atomic mass is 10.2. The standard InChI is InChI=1S/C27H20Cl2N4O4/c1-16-13-17(2)32-27(31-16)33-30-15-18-11-12-19(36-25(34)20-7-3-5-9-22(20)28)14-24(18)37-26(35)21-8-4-6-10-23(21)29/h3-15H,1-2H3,(H,31,32,33). The van der Waals surface area contributed by atoms with Crippen molar-refractivity contribution in [2.24, 2.45) is 5.10 Å². The van der Waals surface area contributed by atoms with Crippen molar-refractivity contribution in [3.8, 4) is 11.5 Å². The molecule has 8 nitrogen and oxygen atoms in total. The van der Waals surface area contributed by atoms with Crippen molar-refractivity contribution in [1.82, 2.24) is 9.97 Å². The Balaban J connectivity index is 1.62. The Morgan fingerprint density at radius 2 is 1.38 bits per heavy atom. The summed E-state index contributed by atoms with van der Waals surface area (Å²) in [4.78, 5) is 34.0. The Morgan fingerprint density at radius 3 is 1.97 bits per heavy atom. The highest BCUT2D eigenvalue weighted by Gasteiger charge is 2.17. The molecule has 4 aromatic rings. The number of hydrogen-bond acceptors (Lipinski definition) is 8. The normalized spacial score (nSPS) is 10.8.